The fourth-order valence-corrected chi connectivity index (χ4v) is 1.44. The van der Waals surface area contributed by atoms with Gasteiger partial charge in [0.05, 0.1) is 0 Å². The molecule has 0 bridgehead atoms. The SMILES string of the molecule is CSC(=S)N(C)/N=C(\N)c1cc(Cl)ccn1. The van der Waals surface area contributed by atoms with Gasteiger partial charge in [-0.1, -0.05) is 35.6 Å². The molecule has 1 aromatic rings. The van der Waals surface area contributed by atoms with Crippen LogP contribution in [0.4, 0.5) is 0 Å². The van der Waals surface area contributed by atoms with Gasteiger partial charge in [-0.3, -0.25) is 4.98 Å². The maximum atomic E-state index is 5.82. The van der Waals surface area contributed by atoms with Crippen LogP contribution in [0.1, 0.15) is 5.69 Å². The van der Waals surface area contributed by atoms with Gasteiger partial charge >= 0.3 is 0 Å². The molecular formula is C9H11ClN4S2. The first kappa shape index (κ1) is 13.2. The minimum absolute atomic E-state index is 0.279. The molecule has 86 valence electrons. The van der Waals surface area contributed by atoms with Crippen molar-refractivity contribution in [1.82, 2.24) is 9.99 Å². The third-order valence-corrected chi connectivity index (χ3v) is 3.29. The lowest BCUT2D eigenvalue weighted by molar-refractivity contribution is 0.564. The number of hydrogen-bond donors (Lipinski definition) is 1. The van der Waals surface area contributed by atoms with E-state index in [1.165, 1.54) is 16.8 Å². The van der Waals surface area contributed by atoms with Crippen molar-refractivity contribution >= 4 is 45.7 Å². The number of thioether (sulfide) groups is 1. The number of hydrazone groups is 1. The number of amidine groups is 1. The Bertz CT molecular complexity index is 422. The van der Waals surface area contributed by atoms with Crippen LogP contribution in [0.2, 0.25) is 5.02 Å². The van der Waals surface area contributed by atoms with Gasteiger partial charge in [-0.25, -0.2) is 5.01 Å². The van der Waals surface area contributed by atoms with Crippen molar-refractivity contribution in [3.8, 4) is 0 Å². The first-order chi connectivity index (χ1) is 7.54. The summed E-state index contributed by atoms with van der Waals surface area (Å²) < 4.78 is 0.630. The zero-order valence-electron chi connectivity index (χ0n) is 8.85. The molecule has 0 amide bonds. The summed E-state index contributed by atoms with van der Waals surface area (Å²) >= 11 is 12.3. The molecule has 1 aromatic heterocycles. The van der Waals surface area contributed by atoms with Crippen LogP contribution in [0.3, 0.4) is 0 Å². The summed E-state index contributed by atoms with van der Waals surface area (Å²) in [6.45, 7) is 0. The Hall–Kier alpha value is -0.850. The Kier molecular flexibility index (Phi) is 4.98. The molecule has 2 N–H and O–H groups in total. The molecule has 0 aromatic carbocycles. The second kappa shape index (κ2) is 6.03. The van der Waals surface area contributed by atoms with E-state index in [1.54, 1.807) is 25.4 Å². The fraction of sp³-hybridized carbons (Fsp3) is 0.222. The summed E-state index contributed by atoms with van der Waals surface area (Å²) in [5.74, 6) is 0.279. The molecule has 0 spiro atoms. The molecule has 4 nitrogen and oxygen atoms in total. The van der Waals surface area contributed by atoms with E-state index in [9.17, 15) is 0 Å². The zero-order valence-corrected chi connectivity index (χ0v) is 11.2. The molecule has 0 atom stereocenters. The quantitative estimate of drug-likeness (QED) is 0.387. The molecule has 7 heteroatoms. The molecule has 0 aliphatic rings. The second-order valence-electron chi connectivity index (χ2n) is 2.84. The van der Waals surface area contributed by atoms with Crippen molar-refractivity contribution in [2.45, 2.75) is 0 Å². The van der Waals surface area contributed by atoms with Gasteiger partial charge in [-0.05, 0) is 18.4 Å². The first-order valence-electron chi connectivity index (χ1n) is 4.32. The van der Waals surface area contributed by atoms with Crippen molar-refractivity contribution < 1.29 is 0 Å². The molecule has 0 saturated heterocycles. The van der Waals surface area contributed by atoms with Gasteiger partial charge in [0.2, 0.25) is 0 Å². The lowest BCUT2D eigenvalue weighted by Gasteiger charge is -2.12. The van der Waals surface area contributed by atoms with Crippen LogP contribution in [-0.2, 0) is 0 Å². The van der Waals surface area contributed by atoms with E-state index in [0.717, 1.165) is 0 Å². The molecule has 0 aliphatic carbocycles. The van der Waals surface area contributed by atoms with Crippen LogP contribution < -0.4 is 5.73 Å². The lowest BCUT2D eigenvalue weighted by Crippen LogP contribution is -2.23. The van der Waals surface area contributed by atoms with Crippen LogP contribution in [0.15, 0.2) is 23.4 Å². The topological polar surface area (TPSA) is 54.5 Å². The zero-order chi connectivity index (χ0) is 12.1. The number of halogens is 1. The number of thiocarbonyl (C=S) groups is 1. The molecule has 0 unspecified atom stereocenters. The number of pyridine rings is 1. The molecule has 16 heavy (non-hydrogen) atoms. The summed E-state index contributed by atoms with van der Waals surface area (Å²) in [5, 5.41) is 6.20. The number of hydrogen-bond acceptors (Lipinski definition) is 4. The predicted octanol–water partition coefficient (Wildman–Crippen LogP) is 1.94. The fourth-order valence-electron chi connectivity index (χ4n) is 0.931. The summed E-state index contributed by atoms with van der Waals surface area (Å²) in [4.78, 5) is 4.06. The van der Waals surface area contributed by atoms with Gasteiger partial charge in [0, 0.05) is 18.3 Å². The average molecular weight is 275 g/mol. The van der Waals surface area contributed by atoms with E-state index < -0.39 is 0 Å². The Morgan fingerprint density at radius 2 is 2.38 bits per heavy atom. The largest absolute Gasteiger partial charge is 0.380 e. The van der Waals surface area contributed by atoms with Crippen LogP contribution in [0, 0.1) is 0 Å². The van der Waals surface area contributed by atoms with Crippen molar-refractivity contribution in [2.24, 2.45) is 10.8 Å². The summed E-state index contributed by atoms with van der Waals surface area (Å²) in [5.41, 5.74) is 6.31. The van der Waals surface area contributed by atoms with Crippen LogP contribution in [0.25, 0.3) is 0 Å². The molecule has 1 heterocycles. The predicted molar refractivity (Wildman–Crippen MR) is 73.8 cm³/mol. The average Bonchev–Trinajstić information content (AvgIpc) is 2.27. The molecule has 0 aliphatic heterocycles. The van der Waals surface area contributed by atoms with Gasteiger partial charge in [-0.15, -0.1) is 0 Å². The van der Waals surface area contributed by atoms with Crippen molar-refractivity contribution in [3.63, 3.8) is 0 Å². The molecule has 0 saturated carbocycles. The van der Waals surface area contributed by atoms with Crippen LogP contribution in [0.5, 0.6) is 0 Å². The van der Waals surface area contributed by atoms with Crippen molar-refractivity contribution in [1.29, 1.82) is 0 Å². The summed E-state index contributed by atoms with van der Waals surface area (Å²) in [6.07, 6.45) is 3.45. The van der Waals surface area contributed by atoms with Gasteiger partial charge in [0.15, 0.2) is 10.2 Å². The molecular weight excluding hydrogens is 264 g/mol. The highest BCUT2D eigenvalue weighted by Crippen LogP contribution is 2.09. The number of nitrogens with two attached hydrogens (primary N) is 1. The lowest BCUT2D eigenvalue weighted by atomic mass is 10.3. The van der Waals surface area contributed by atoms with E-state index in [1.807, 2.05) is 6.26 Å². The normalized spacial score (nSPS) is 11.3. The highest BCUT2D eigenvalue weighted by Gasteiger charge is 2.05. The first-order valence-corrected chi connectivity index (χ1v) is 6.33. The van der Waals surface area contributed by atoms with Crippen molar-refractivity contribution in [3.05, 3.63) is 29.0 Å². The van der Waals surface area contributed by atoms with E-state index in [0.29, 0.717) is 15.0 Å². The number of nitrogens with zero attached hydrogens (tertiary/aromatic N) is 3. The maximum Gasteiger partial charge on any atom is 0.169 e. The van der Waals surface area contributed by atoms with Gasteiger partial charge in [0.1, 0.15) is 5.69 Å². The highest BCUT2D eigenvalue weighted by atomic mass is 35.5. The molecule has 0 fully saturated rings. The Balaban J connectivity index is 2.89. The number of rotatable bonds is 2. The Morgan fingerprint density at radius 1 is 1.69 bits per heavy atom. The summed E-state index contributed by atoms with van der Waals surface area (Å²) in [7, 11) is 1.73. The second-order valence-corrected chi connectivity index (χ2v) is 4.71. The molecule has 1 rings (SSSR count). The smallest absolute Gasteiger partial charge is 0.169 e. The standard InChI is InChI=1S/C9H11ClN4S2/c1-14(9(15)16-2)13-8(11)7-5-6(10)3-4-12-7/h3-5H,1-2H3,(H2,11,13). The maximum absolute atomic E-state index is 5.82. The van der Waals surface area contributed by atoms with Crippen molar-refractivity contribution in [2.75, 3.05) is 13.3 Å². The highest BCUT2D eigenvalue weighted by molar-refractivity contribution is 8.22. The Labute approximate surface area is 109 Å². The van der Waals surface area contributed by atoms with E-state index in [4.69, 9.17) is 29.6 Å². The van der Waals surface area contributed by atoms with E-state index in [-0.39, 0.29) is 5.84 Å². The van der Waals surface area contributed by atoms with Crippen LogP contribution >= 0.6 is 35.6 Å². The minimum Gasteiger partial charge on any atom is -0.380 e. The van der Waals surface area contributed by atoms with E-state index in [2.05, 4.69) is 10.1 Å². The van der Waals surface area contributed by atoms with Gasteiger partial charge in [-0.2, -0.15) is 5.10 Å². The third kappa shape index (κ3) is 3.62. The van der Waals surface area contributed by atoms with Gasteiger partial charge < -0.3 is 5.73 Å². The Morgan fingerprint density at radius 3 is 2.94 bits per heavy atom. The van der Waals surface area contributed by atoms with Crippen LogP contribution in [-0.4, -0.2) is 33.5 Å². The minimum atomic E-state index is 0.279. The monoisotopic (exact) mass is 274 g/mol. The number of aromatic nitrogens is 1. The summed E-state index contributed by atoms with van der Waals surface area (Å²) in [6, 6.07) is 3.32. The third-order valence-electron chi connectivity index (χ3n) is 1.68. The van der Waals surface area contributed by atoms with E-state index >= 15 is 0 Å². The molecule has 0 radical (unpaired) electrons. The van der Waals surface area contributed by atoms with Gasteiger partial charge in [0.25, 0.3) is 0 Å².